The van der Waals surface area contributed by atoms with Crippen LogP contribution in [0.4, 0.5) is 5.69 Å². The topological polar surface area (TPSA) is 65.1 Å². The van der Waals surface area contributed by atoms with E-state index in [0.717, 1.165) is 22.0 Å². The number of anilines is 1. The summed E-state index contributed by atoms with van der Waals surface area (Å²) in [4.78, 5) is 15.4. The first-order valence-electron chi connectivity index (χ1n) is 7.30. The van der Waals surface area contributed by atoms with Crippen LogP contribution in [0.1, 0.15) is 16.7 Å². The quantitative estimate of drug-likeness (QED) is 0.670. The fourth-order valence-electron chi connectivity index (χ4n) is 2.64. The zero-order valence-corrected chi connectivity index (χ0v) is 13.7. The molecule has 1 heterocycles. The van der Waals surface area contributed by atoms with Crippen LogP contribution in [0.2, 0.25) is 5.02 Å². The minimum Gasteiger partial charge on any atom is -0.507 e. The van der Waals surface area contributed by atoms with Gasteiger partial charge < -0.3 is 15.4 Å². The number of aromatic amines is 1. The van der Waals surface area contributed by atoms with E-state index < -0.39 is 0 Å². The van der Waals surface area contributed by atoms with Crippen molar-refractivity contribution in [3.63, 3.8) is 0 Å². The van der Waals surface area contributed by atoms with Gasteiger partial charge in [-0.2, -0.15) is 0 Å². The fraction of sp³-hybridized carbons (Fsp3) is 0.167. The van der Waals surface area contributed by atoms with Crippen LogP contribution in [0.5, 0.6) is 5.75 Å². The lowest BCUT2D eigenvalue weighted by atomic mass is 10.1. The highest BCUT2D eigenvalue weighted by atomic mass is 35.5. The van der Waals surface area contributed by atoms with Gasteiger partial charge in [-0.25, -0.2) is 0 Å². The van der Waals surface area contributed by atoms with Crippen molar-refractivity contribution in [2.45, 2.75) is 20.3 Å². The molecule has 0 spiro atoms. The van der Waals surface area contributed by atoms with Crippen LogP contribution in [-0.2, 0) is 11.2 Å². The number of carbonyl (C=O) groups excluding carboxylic acids is 1. The molecule has 3 rings (SSSR count). The Morgan fingerprint density at radius 3 is 2.83 bits per heavy atom. The van der Waals surface area contributed by atoms with Crippen molar-refractivity contribution >= 4 is 34.1 Å². The summed E-state index contributed by atoms with van der Waals surface area (Å²) >= 11 is 5.96. The van der Waals surface area contributed by atoms with Crippen LogP contribution >= 0.6 is 11.6 Å². The molecule has 1 amide bonds. The molecule has 0 saturated carbocycles. The van der Waals surface area contributed by atoms with Gasteiger partial charge in [0.1, 0.15) is 5.75 Å². The van der Waals surface area contributed by atoms with E-state index in [1.807, 2.05) is 25.3 Å². The molecule has 5 heteroatoms. The zero-order valence-electron chi connectivity index (χ0n) is 12.9. The normalized spacial score (nSPS) is 10.9. The lowest BCUT2D eigenvalue weighted by molar-refractivity contribution is -0.115. The Kier molecular flexibility index (Phi) is 4.01. The van der Waals surface area contributed by atoms with Crippen LogP contribution in [0, 0.1) is 13.8 Å². The van der Waals surface area contributed by atoms with Gasteiger partial charge in [0.15, 0.2) is 0 Å². The molecule has 2 aromatic carbocycles. The monoisotopic (exact) mass is 328 g/mol. The second kappa shape index (κ2) is 5.97. The number of fused-ring (bicyclic) bond motifs is 1. The van der Waals surface area contributed by atoms with Gasteiger partial charge in [0.05, 0.1) is 6.42 Å². The van der Waals surface area contributed by atoms with E-state index in [1.54, 1.807) is 25.1 Å². The van der Waals surface area contributed by atoms with Crippen molar-refractivity contribution in [3.8, 4) is 5.75 Å². The summed E-state index contributed by atoms with van der Waals surface area (Å²) < 4.78 is 0. The van der Waals surface area contributed by atoms with Gasteiger partial charge >= 0.3 is 0 Å². The second-order valence-corrected chi connectivity index (χ2v) is 6.07. The van der Waals surface area contributed by atoms with E-state index in [0.29, 0.717) is 16.3 Å². The number of phenols is 1. The van der Waals surface area contributed by atoms with Gasteiger partial charge in [0, 0.05) is 33.4 Å². The Hall–Kier alpha value is -2.46. The molecule has 4 nitrogen and oxygen atoms in total. The summed E-state index contributed by atoms with van der Waals surface area (Å²) in [5.74, 6) is 0.0803. The zero-order chi connectivity index (χ0) is 16.6. The summed E-state index contributed by atoms with van der Waals surface area (Å²) in [6.45, 7) is 3.61. The number of aryl methyl sites for hydroxylation is 1. The maximum absolute atomic E-state index is 12.3. The number of halogens is 1. The van der Waals surface area contributed by atoms with Gasteiger partial charge in [-0.3, -0.25) is 4.79 Å². The van der Waals surface area contributed by atoms with Crippen molar-refractivity contribution in [1.29, 1.82) is 0 Å². The number of carbonyl (C=O) groups is 1. The number of benzene rings is 2. The van der Waals surface area contributed by atoms with Crippen molar-refractivity contribution in [1.82, 2.24) is 4.98 Å². The predicted molar refractivity (Wildman–Crippen MR) is 93.2 cm³/mol. The average molecular weight is 329 g/mol. The number of aromatic nitrogens is 1. The number of aromatic hydroxyl groups is 1. The van der Waals surface area contributed by atoms with Gasteiger partial charge in [-0.15, -0.1) is 0 Å². The third kappa shape index (κ3) is 3.03. The number of rotatable bonds is 3. The standard InChI is InChI=1S/C18H17ClN2O2/c1-10-3-6-15(11(2)18(10)23)21-17(22)7-12-9-20-16-8-13(19)4-5-14(12)16/h3-6,8-9,20,23H,7H2,1-2H3,(H,21,22). The summed E-state index contributed by atoms with van der Waals surface area (Å²) in [5, 5.41) is 14.4. The SMILES string of the molecule is Cc1ccc(NC(=O)Cc2c[nH]c3cc(Cl)ccc23)c(C)c1O. The lowest BCUT2D eigenvalue weighted by Gasteiger charge is -2.11. The Balaban J connectivity index is 1.80. The number of H-pyrrole nitrogens is 1. The molecule has 0 fully saturated rings. The minimum absolute atomic E-state index is 0.132. The first-order chi connectivity index (χ1) is 11.0. The molecule has 118 valence electrons. The minimum atomic E-state index is -0.132. The molecule has 0 aliphatic rings. The highest BCUT2D eigenvalue weighted by molar-refractivity contribution is 6.31. The fourth-order valence-corrected chi connectivity index (χ4v) is 2.82. The lowest BCUT2D eigenvalue weighted by Crippen LogP contribution is -2.15. The van der Waals surface area contributed by atoms with E-state index in [4.69, 9.17) is 11.6 Å². The largest absolute Gasteiger partial charge is 0.507 e. The highest BCUT2D eigenvalue weighted by Crippen LogP contribution is 2.28. The molecule has 0 aliphatic heterocycles. The number of hydrogen-bond acceptors (Lipinski definition) is 2. The first kappa shape index (κ1) is 15.4. The predicted octanol–water partition coefficient (Wildman–Crippen LogP) is 4.32. The molecular weight excluding hydrogens is 312 g/mol. The molecule has 0 saturated heterocycles. The summed E-state index contributed by atoms with van der Waals surface area (Å²) in [7, 11) is 0. The number of phenolic OH excluding ortho intramolecular Hbond substituents is 1. The van der Waals surface area contributed by atoms with E-state index in [1.165, 1.54) is 0 Å². The van der Waals surface area contributed by atoms with E-state index in [-0.39, 0.29) is 18.1 Å². The van der Waals surface area contributed by atoms with E-state index >= 15 is 0 Å². The van der Waals surface area contributed by atoms with Gasteiger partial charge in [0.2, 0.25) is 5.91 Å². The summed E-state index contributed by atoms with van der Waals surface area (Å²) in [6, 6.07) is 9.13. The molecule has 1 aromatic heterocycles. The molecule has 3 N–H and O–H groups in total. The van der Waals surface area contributed by atoms with E-state index in [9.17, 15) is 9.90 Å². The van der Waals surface area contributed by atoms with E-state index in [2.05, 4.69) is 10.3 Å². The number of nitrogens with one attached hydrogen (secondary N) is 2. The Bertz CT molecular complexity index is 899. The molecular formula is C18H17ClN2O2. The first-order valence-corrected chi connectivity index (χ1v) is 7.68. The van der Waals surface area contributed by atoms with Crippen molar-refractivity contribution < 1.29 is 9.90 Å². The summed E-state index contributed by atoms with van der Waals surface area (Å²) in [5.41, 5.74) is 3.90. The summed E-state index contributed by atoms with van der Waals surface area (Å²) in [6.07, 6.45) is 2.07. The Morgan fingerprint density at radius 2 is 2.04 bits per heavy atom. The van der Waals surface area contributed by atoms with Crippen LogP contribution in [0.15, 0.2) is 36.5 Å². The number of amides is 1. The maximum atomic E-state index is 12.3. The third-order valence-corrected chi connectivity index (χ3v) is 4.22. The van der Waals surface area contributed by atoms with Crippen molar-refractivity contribution in [2.24, 2.45) is 0 Å². The van der Waals surface area contributed by atoms with Gasteiger partial charge in [0.25, 0.3) is 0 Å². The Labute approximate surface area is 139 Å². The molecule has 0 bridgehead atoms. The van der Waals surface area contributed by atoms with Crippen LogP contribution in [0.25, 0.3) is 10.9 Å². The van der Waals surface area contributed by atoms with Crippen LogP contribution in [-0.4, -0.2) is 16.0 Å². The second-order valence-electron chi connectivity index (χ2n) is 5.63. The van der Waals surface area contributed by atoms with Crippen molar-refractivity contribution in [3.05, 3.63) is 58.2 Å². The van der Waals surface area contributed by atoms with Crippen LogP contribution in [0.3, 0.4) is 0 Å². The molecule has 0 atom stereocenters. The van der Waals surface area contributed by atoms with Crippen LogP contribution < -0.4 is 5.32 Å². The molecule has 0 radical (unpaired) electrons. The Morgan fingerprint density at radius 1 is 1.26 bits per heavy atom. The average Bonchev–Trinajstić information content (AvgIpc) is 2.90. The molecule has 3 aromatic rings. The molecule has 23 heavy (non-hydrogen) atoms. The smallest absolute Gasteiger partial charge is 0.228 e. The maximum Gasteiger partial charge on any atom is 0.228 e. The molecule has 0 unspecified atom stereocenters. The van der Waals surface area contributed by atoms with Gasteiger partial charge in [-0.05, 0) is 43.2 Å². The van der Waals surface area contributed by atoms with Gasteiger partial charge in [-0.1, -0.05) is 23.7 Å². The van der Waals surface area contributed by atoms with Crippen molar-refractivity contribution in [2.75, 3.05) is 5.32 Å². The third-order valence-electron chi connectivity index (χ3n) is 3.99. The highest BCUT2D eigenvalue weighted by Gasteiger charge is 2.12. The molecule has 0 aliphatic carbocycles. The number of hydrogen-bond donors (Lipinski definition) is 3.